The number of nitrogens with one attached hydrogen (secondary N) is 1. The van der Waals surface area contributed by atoms with Crippen molar-refractivity contribution in [3.8, 4) is 0 Å². The summed E-state index contributed by atoms with van der Waals surface area (Å²) in [6.45, 7) is 4.06. The Hall–Kier alpha value is -1.88. The Morgan fingerprint density at radius 2 is 2.09 bits per heavy atom. The summed E-state index contributed by atoms with van der Waals surface area (Å²) in [5, 5.41) is 12.2. The molecule has 1 amide bonds. The second-order valence-electron chi connectivity index (χ2n) is 5.84. The van der Waals surface area contributed by atoms with Crippen LogP contribution in [-0.4, -0.2) is 47.6 Å². The molecule has 1 aliphatic heterocycles. The summed E-state index contributed by atoms with van der Waals surface area (Å²) in [7, 11) is 0. The van der Waals surface area contributed by atoms with Crippen LogP contribution in [-0.2, 0) is 4.79 Å². The average Bonchev–Trinajstić information content (AvgIpc) is 2.54. The molecule has 0 aromatic heterocycles. The lowest BCUT2D eigenvalue weighted by Gasteiger charge is -2.36. The molecule has 22 heavy (non-hydrogen) atoms. The predicted octanol–water partition coefficient (Wildman–Crippen LogP) is 1.99. The molecule has 2 N–H and O–H groups in total. The Morgan fingerprint density at radius 3 is 2.73 bits per heavy atom. The summed E-state index contributed by atoms with van der Waals surface area (Å²) in [5.41, 5.74) is 0.659. The molecule has 0 radical (unpaired) electrons. The van der Waals surface area contributed by atoms with E-state index in [2.05, 4.69) is 5.32 Å². The lowest BCUT2D eigenvalue weighted by atomic mass is 9.96. The zero-order valence-corrected chi connectivity index (χ0v) is 13.0. The third-order valence-electron chi connectivity index (χ3n) is 4.25. The molecule has 0 unspecified atom stereocenters. The van der Waals surface area contributed by atoms with Crippen molar-refractivity contribution in [1.29, 1.82) is 0 Å². The molecule has 0 aliphatic carbocycles. The van der Waals surface area contributed by atoms with Crippen LogP contribution < -0.4 is 5.32 Å². The molecular weight excluding hydrogens is 280 g/mol. The van der Waals surface area contributed by atoms with Crippen LogP contribution in [0, 0.1) is 5.92 Å². The number of piperidine rings is 1. The van der Waals surface area contributed by atoms with Crippen LogP contribution >= 0.6 is 0 Å². The van der Waals surface area contributed by atoms with Gasteiger partial charge in [0.1, 0.15) is 6.04 Å². The molecule has 0 bridgehead atoms. The van der Waals surface area contributed by atoms with Crippen molar-refractivity contribution in [3.05, 3.63) is 35.9 Å². The summed E-state index contributed by atoms with van der Waals surface area (Å²) in [5.74, 6) is -0.505. The first-order chi connectivity index (χ1) is 10.6. The number of carbonyl (C=O) groups is 2. The second kappa shape index (κ2) is 7.94. The number of hydrogen-bond donors (Lipinski definition) is 2. The summed E-state index contributed by atoms with van der Waals surface area (Å²) in [4.78, 5) is 25.4. The van der Waals surface area contributed by atoms with Gasteiger partial charge in [0.05, 0.1) is 0 Å². The molecular formula is C17H24N2O3. The summed E-state index contributed by atoms with van der Waals surface area (Å²) >= 11 is 0. The van der Waals surface area contributed by atoms with Crippen LogP contribution in [0.2, 0.25) is 0 Å². The molecule has 0 spiro atoms. The lowest BCUT2D eigenvalue weighted by Crippen LogP contribution is -2.48. The molecule has 1 saturated heterocycles. The van der Waals surface area contributed by atoms with E-state index < -0.39 is 12.0 Å². The Labute approximate surface area is 131 Å². The molecule has 2 rings (SSSR count). The van der Waals surface area contributed by atoms with Gasteiger partial charge in [0.2, 0.25) is 0 Å². The first-order valence-electron chi connectivity index (χ1n) is 7.92. The van der Waals surface area contributed by atoms with Gasteiger partial charge in [0.25, 0.3) is 5.91 Å². The minimum absolute atomic E-state index is 0.0667. The second-order valence-corrected chi connectivity index (χ2v) is 5.84. The van der Waals surface area contributed by atoms with Gasteiger partial charge >= 0.3 is 5.97 Å². The van der Waals surface area contributed by atoms with Crippen molar-refractivity contribution in [1.82, 2.24) is 10.2 Å². The number of hydrogen-bond acceptors (Lipinski definition) is 3. The standard InChI is InChI=1S/C17H24N2O3/c1-2-15(17(21)22)19-10-6-7-13(12-19)11-18-16(20)14-8-4-3-5-9-14/h3-5,8-9,13,15H,2,6-7,10-12H2,1H3,(H,18,20)(H,21,22)/t13-,15-/m1/s1. The highest BCUT2D eigenvalue weighted by Crippen LogP contribution is 2.19. The van der Waals surface area contributed by atoms with E-state index in [9.17, 15) is 14.7 Å². The molecule has 1 aromatic carbocycles. The van der Waals surface area contributed by atoms with Gasteiger partial charge in [-0.2, -0.15) is 0 Å². The Kier molecular flexibility index (Phi) is 5.95. The first-order valence-corrected chi connectivity index (χ1v) is 7.92. The minimum atomic E-state index is -0.753. The van der Waals surface area contributed by atoms with E-state index in [4.69, 9.17) is 0 Å². The number of benzene rings is 1. The number of carboxylic acid groups (broad SMARTS) is 1. The van der Waals surface area contributed by atoms with Crippen LogP contribution in [0.4, 0.5) is 0 Å². The van der Waals surface area contributed by atoms with Gasteiger partial charge in [-0.1, -0.05) is 25.1 Å². The van der Waals surface area contributed by atoms with E-state index in [1.54, 1.807) is 12.1 Å². The van der Waals surface area contributed by atoms with Crippen molar-refractivity contribution in [3.63, 3.8) is 0 Å². The Bertz CT molecular complexity index is 504. The van der Waals surface area contributed by atoms with Crippen molar-refractivity contribution in [2.45, 2.75) is 32.2 Å². The molecule has 5 nitrogen and oxygen atoms in total. The fourth-order valence-corrected chi connectivity index (χ4v) is 3.06. The number of amides is 1. The summed E-state index contributed by atoms with van der Waals surface area (Å²) in [6.07, 6.45) is 2.62. The third kappa shape index (κ3) is 4.31. The van der Waals surface area contributed by atoms with Gasteiger partial charge in [0, 0.05) is 18.7 Å². The van der Waals surface area contributed by atoms with E-state index in [-0.39, 0.29) is 5.91 Å². The number of aliphatic carboxylic acids is 1. The molecule has 1 aromatic rings. The molecule has 2 atom stereocenters. The van der Waals surface area contributed by atoms with Gasteiger partial charge in [0.15, 0.2) is 0 Å². The highest BCUT2D eigenvalue weighted by Gasteiger charge is 2.29. The smallest absolute Gasteiger partial charge is 0.320 e. The van der Waals surface area contributed by atoms with Crippen molar-refractivity contribution in [2.24, 2.45) is 5.92 Å². The van der Waals surface area contributed by atoms with Crippen molar-refractivity contribution >= 4 is 11.9 Å². The van der Waals surface area contributed by atoms with Crippen molar-refractivity contribution in [2.75, 3.05) is 19.6 Å². The van der Waals surface area contributed by atoms with Crippen LogP contribution in [0.5, 0.6) is 0 Å². The maximum absolute atomic E-state index is 12.0. The largest absolute Gasteiger partial charge is 0.480 e. The Balaban J connectivity index is 1.85. The maximum atomic E-state index is 12.0. The summed E-state index contributed by atoms with van der Waals surface area (Å²) < 4.78 is 0. The van der Waals surface area contributed by atoms with Crippen LogP contribution in [0.3, 0.4) is 0 Å². The molecule has 5 heteroatoms. The predicted molar refractivity (Wildman–Crippen MR) is 84.8 cm³/mol. The third-order valence-corrected chi connectivity index (χ3v) is 4.25. The quantitative estimate of drug-likeness (QED) is 0.843. The lowest BCUT2D eigenvalue weighted by molar-refractivity contribution is -0.144. The van der Waals surface area contributed by atoms with Gasteiger partial charge < -0.3 is 10.4 Å². The fourth-order valence-electron chi connectivity index (χ4n) is 3.06. The average molecular weight is 304 g/mol. The fraction of sp³-hybridized carbons (Fsp3) is 0.529. The van der Waals surface area contributed by atoms with Crippen LogP contribution in [0.15, 0.2) is 30.3 Å². The van der Waals surface area contributed by atoms with Crippen LogP contribution in [0.1, 0.15) is 36.5 Å². The minimum Gasteiger partial charge on any atom is -0.480 e. The van der Waals surface area contributed by atoms with Crippen molar-refractivity contribution < 1.29 is 14.7 Å². The van der Waals surface area contributed by atoms with Crippen LogP contribution in [0.25, 0.3) is 0 Å². The monoisotopic (exact) mass is 304 g/mol. The number of carboxylic acids is 1. The zero-order valence-electron chi connectivity index (χ0n) is 13.0. The van der Waals surface area contributed by atoms with Gasteiger partial charge in [-0.05, 0) is 43.9 Å². The molecule has 0 saturated carbocycles. The topological polar surface area (TPSA) is 69.6 Å². The van der Waals surface area contributed by atoms with E-state index in [0.29, 0.717) is 24.4 Å². The van der Waals surface area contributed by atoms with Gasteiger partial charge in [-0.25, -0.2) is 0 Å². The molecule has 1 heterocycles. The highest BCUT2D eigenvalue weighted by atomic mass is 16.4. The van der Waals surface area contributed by atoms with Gasteiger partial charge in [-0.3, -0.25) is 14.5 Å². The molecule has 120 valence electrons. The Morgan fingerprint density at radius 1 is 1.36 bits per heavy atom. The van der Waals surface area contributed by atoms with E-state index in [1.165, 1.54) is 0 Å². The number of rotatable bonds is 6. The van der Waals surface area contributed by atoms with E-state index in [1.807, 2.05) is 30.0 Å². The van der Waals surface area contributed by atoms with E-state index in [0.717, 1.165) is 25.9 Å². The normalized spacial score (nSPS) is 20.3. The van der Waals surface area contributed by atoms with Gasteiger partial charge in [-0.15, -0.1) is 0 Å². The van der Waals surface area contributed by atoms with E-state index >= 15 is 0 Å². The SMILES string of the molecule is CC[C@H](C(=O)O)N1CCC[C@H](CNC(=O)c2ccccc2)C1. The number of nitrogens with zero attached hydrogens (tertiary/aromatic N) is 1. The highest BCUT2D eigenvalue weighted by molar-refractivity contribution is 5.94. The maximum Gasteiger partial charge on any atom is 0.320 e. The molecule has 1 fully saturated rings. The first kappa shape index (κ1) is 16.5. The number of carbonyl (C=O) groups excluding carboxylic acids is 1. The number of likely N-dealkylation sites (tertiary alicyclic amines) is 1. The summed E-state index contributed by atoms with van der Waals surface area (Å²) in [6, 6.07) is 8.74. The molecule has 1 aliphatic rings. The zero-order chi connectivity index (χ0) is 15.9.